The lowest BCUT2D eigenvalue weighted by molar-refractivity contribution is -0.122. The van der Waals surface area contributed by atoms with E-state index in [2.05, 4.69) is 0 Å². The van der Waals surface area contributed by atoms with Crippen molar-refractivity contribution in [1.29, 1.82) is 0 Å². The summed E-state index contributed by atoms with van der Waals surface area (Å²) in [6, 6.07) is 12.1. The Kier molecular flexibility index (Phi) is 4.93. The summed E-state index contributed by atoms with van der Waals surface area (Å²) in [7, 11) is 3.11. The van der Waals surface area contributed by atoms with E-state index in [-0.39, 0.29) is 5.91 Å². The van der Waals surface area contributed by atoms with E-state index in [0.717, 1.165) is 16.8 Å². The highest BCUT2D eigenvalue weighted by Crippen LogP contribution is 2.32. The van der Waals surface area contributed by atoms with Crippen LogP contribution in [0.25, 0.3) is 6.08 Å². The molecule has 6 nitrogen and oxygen atoms in total. The van der Waals surface area contributed by atoms with Crippen molar-refractivity contribution in [3.8, 4) is 11.5 Å². The van der Waals surface area contributed by atoms with Crippen molar-refractivity contribution in [2.45, 2.75) is 12.5 Å². The molecule has 2 N–H and O–H groups in total. The third-order valence-corrected chi connectivity index (χ3v) is 4.37. The van der Waals surface area contributed by atoms with E-state index in [1.54, 1.807) is 32.4 Å². The van der Waals surface area contributed by atoms with Gasteiger partial charge in [-0.05, 0) is 35.4 Å². The Labute approximate surface area is 151 Å². The minimum atomic E-state index is -0.671. The van der Waals surface area contributed by atoms with Gasteiger partial charge in [0.1, 0.15) is 6.04 Å². The molecule has 3 rings (SSSR count). The molecule has 6 heteroatoms. The Morgan fingerprint density at radius 3 is 2.54 bits per heavy atom. The number of amides is 2. The van der Waals surface area contributed by atoms with Gasteiger partial charge >= 0.3 is 0 Å². The molecule has 1 atom stereocenters. The number of ether oxygens (including phenoxy) is 2. The van der Waals surface area contributed by atoms with Crippen LogP contribution in [0.4, 0.5) is 5.69 Å². The number of hydrogen-bond donors (Lipinski definition) is 1. The Bertz CT molecular complexity index is 876. The van der Waals surface area contributed by atoms with Crippen molar-refractivity contribution in [2.24, 2.45) is 5.73 Å². The molecule has 0 saturated heterocycles. The maximum absolute atomic E-state index is 12.7. The Hall–Kier alpha value is -3.28. The average molecular weight is 352 g/mol. The largest absolute Gasteiger partial charge is 0.493 e. The summed E-state index contributed by atoms with van der Waals surface area (Å²) >= 11 is 0. The van der Waals surface area contributed by atoms with Gasteiger partial charge in [0.15, 0.2) is 11.5 Å². The molecule has 2 aromatic carbocycles. The molecule has 0 bridgehead atoms. The quantitative estimate of drug-likeness (QED) is 0.836. The smallest absolute Gasteiger partial charge is 0.251 e. The van der Waals surface area contributed by atoms with Gasteiger partial charge in [0, 0.05) is 18.2 Å². The van der Waals surface area contributed by atoms with Gasteiger partial charge in [0.2, 0.25) is 5.91 Å². The second-order valence-corrected chi connectivity index (χ2v) is 5.91. The van der Waals surface area contributed by atoms with E-state index in [1.165, 1.54) is 11.0 Å². The summed E-state index contributed by atoms with van der Waals surface area (Å²) < 4.78 is 10.5. The molecule has 2 aromatic rings. The van der Waals surface area contributed by atoms with Crippen LogP contribution in [0.1, 0.15) is 11.1 Å². The van der Waals surface area contributed by atoms with Gasteiger partial charge in [0.25, 0.3) is 5.91 Å². The Balaban J connectivity index is 1.87. The number of hydrogen-bond acceptors (Lipinski definition) is 4. The molecule has 0 saturated carbocycles. The van der Waals surface area contributed by atoms with Crippen molar-refractivity contribution < 1.29 is 19.1 Å². The first-order valence-corrected chi connectivity index (χ1v) is 8.15. The molecule has 0 fully saturated rings. The molecular formula is C20H20N2O4. The number of nitrogens with zero attached hydrogens (tertiary/aromatic N) is 1. The summed E-state index contributed by atoms with van der Waals surface area (Å²) in [6.07, 6.45) is 3.53. The summed E-state index contributed by atoms with van der Waals surface area (Å²) in [6.45, 7) is 0. The molecule has 0 aromatic heterocycles. The number of benzene rings is 2. The highest BCUT2D eigenvalue weighted by Gasteiger charge is 2.36. The van der Waals surface area contributed by atoms with Crippen LogP contribution in [0.3, 0.4) is 0 Å². The predicted octanol–water partition coefficient (Wildman–Crippen LogP) is 2.16. The lowest BCUT2D eigenvalue weighted by Crippen LogP contribution is -2.45. The van der Waals surface area contributed by atoms with Crippen molar-refractivity contribution >= 4 is 23.6 Å². The first-order valence-electron chi connectivity index (χ1n) is 8.15. The summed E-state index contributed by atoms with van der Waals surface area (Å²) in [5, 5.41) is 0. The van der Waals surface area contributed by atoms with Crippen LogP contribution in [0, 0.1) is 0 Å². The van der Waals surface area contributed by atoms with Crippen LogP contribution in [-0.4, -0.2) is 32.1 Å². The molecule has 1 aliphatic rings. The fourth-order valence-corrected chi connectivity index (χ4v) is 3.09. The zero-order chi connectivity index (χ0) is 18.7. The summed E-state index contributed by atoms with van der Waals surface area (Å²) in [4.78, 5) is 26.0. The molecule has 1 heterocycles. The third kappa shape index (κ3) is 3.26. The molecule has 0 aliphatic carbocycles. The molecule has 134 valence electrons. The first kappa shape index (κ1) is 17.5. The van der Waals surface area contributed by atoms with Gasteiger partial charge in [-0.25, -0.2) is 0 Å². The number of methoxy groups -OCH3 is 2. The lowest BCUT2D eigenvalue weighted by atomic mass is 10.1. The zero-order valence-electron chi connectivity index (χ0n) is 14.6. The van der Waals surface area contributed by atoms with E-state index in [4.69, 9.17) is 15.2 Å². The van der Waals surface area contributed by atoms with Crippen LogP contribution >= 0.6 is 0 Å². The van der Waals surface area contributed by atoms with Gasteiger partial charge in [-0.2, -0.15) is 0 Å². The fourth-order valence-electron chi connectivity index (χ4n) is 3.09. The van der Waals surface area contributed by atoms with E-state index in [1.807, 2.05) is 30.3 Å². The summed E-state index contributed by atoms with van der Waals surface area (Å²) in [5.41, 5.74) is 7.93. The molecule has 1 unspecified atom stereocenters. The maximum atomic E-state index is 12.7. The Morgan fingerprint density at radius 2 is 1.85 bits per heavy atom. The highest BCUT2D eigenvalue weighted by atomic mass is 16.5. The number of carbonyl (C=O) groups excluding carboxylic acids is 2. The molecule has 26 heavy (non-hydrogen) atoms. The number of anilines is 1. The van der Waals surface area contributed by atoms with Crippen molar-refractivity contribution in [2.75, 3.05) is 19.1 Å². The zero-order valence-corrected chi connectivity index (χ0v) is 14.6. The maximum Gasteiger partial charge on any atom is 0.251 e. The fraction of sp³-hybridized carbons (Fsp3) is 0.200. The summed E-state index contributed by atoms with van der Waals surface area (Å²) in [5.74, 6) is 0.365. The second-order valence-electron chi connectivity index (χ2n) is 5.91. The van der Waals surface area contributed by atoms with E-state index in [9.17, 15) is 9.59 Å². The number of fused-ring (bicyclic) bond motifs is 1. The number of primary amides is 1. The van der Waals surface area contributed by atoms with Gasteiger partial charge < -0.3 is 15.2 Å². The van der Waals surface area contributed by atoms with Gasteiger partial charge in [-0.1, -0.05) is 24.3 Å². The van der Waals surface area contributed by atoms with E-state index >= 15 is 0 Å². The van der Waals surface area contributed by atoms with Gasteiger partial charge in [-0.15, -0.1) is 0 Å². The standard InChI is InChI=1S/C20H20N2O4/c1-25-17-9-7-13(11-18(17)26-2)8-10-19(23)22-15-6-4-3-5-14(15)12-16(22)20(21)24/h3-11,16H,12H2,1-2H3,(H2,21,24)/b10-8+. The van der Waals surface area contributed by atoms with Crippen LogP contribution in [0.2, 0.25) is 0 Å². The SMILES string of the molecule is COc1ccc(/C=C/C(=O)N2c3ccccc3CC2C(N)=O)cc1OC. The molecule has 2 amide bonds. The predicted molar refractivity (Wildman–Crippen MR) is 99.2 cm³/mol. The van der Waals surface area contributed by atoms with Crippen LogP contribution in [0.15, 0.2) is 48.5 Å². The third-order valence-electron chi connectivity index (χ3n) is 4.37. The van der Waals surface area contributed by atoms with Crippen molar-refractivity contribution in [3.05, 3.63) is 59.7 Å². The molecular weight excluding hydrogens is 332 g/mol. The topological polar surface area (TPSA) is 81.9 Å². The van der Waals surface area contributed by atoms with E-state index < -0.39 is 11.9 Å². The van der Waals surface area contributed by atoms with Crippen molar-refractivity contribution in [1.82, 2.24) is 0 Å². The van der Waals surface area contributed by atoms with Crippen LogP contribution in [-0.2, 0) is 16.0 Å². The minimum Gasteiger partial charge on any atom is -0.493 e. The first-order chi connectivity index (χ1) is 12.5. The highest BCUT2D eigenvalue weighted by molar-refractivity contribution is 6.09. The molecule has 0 spiro atoms. The Morgan fingerprint density at radius 1 is 1.12 bits per heavy atom. The van der Waals surface area contributed by atoms with Crippen molar-refractivity contribution in [3.63, 3.8) is 0 Å². The lowest BCUT2D eigenvalue weighted by Gasteiger charge is -2.21. The normalized spacial score (nSPS) is 15.8. The second kappa shape index (κ2) is 7.31. The van der Waals surface area contributed by atoms with Crippen LogP contribution < -0.4 is 20.1 Å². The molecule has 0 radical (unpaired) electrons. The monoisotopic (exact) mass is 352 g/mol. The van der Waals surface area contributed by atoms with E-state index in [0.29, 0.717) is 17.9 Å². The van der Waals surface area contributed by atoms with Gasteiger partial charge in [-0.3, -0.25) is 14.5 Å². The average Bonchev–Trinajstić information content (AvgIpc) is 3.05. The number of rotatable bonds is 5. The van der Waals surface area contributed by atoms with Gasteiger partial charge in [0.05, 0.1) is 14.2 Å². The number of nitrogens with two attached hydrogens (primary N) is 1. The number of carbonyl (C=O) groups is 2. The number of para-hydroxylation sites is 1. The molecule has 1 aliphatic heterocycles. The van der Waals surface area contributed by atoms with Crippen LogP contribution in [0.5, 0.6) is 11.5 Å². The minimum absolute atomic E-state index is 0.298.